The highest BCUT2D eigenvalue weighted by molar-refractivity contribution is 5.72. The summed E-state index contributed by atoms with van der Waals surface area (Å²) in [5, 5.41) is 8.83. The molecule has 0 N–H and O–H groups in total. The highest BCUT2D eigenvalue weighted by Crippen LogP contribution is 2.13. The van der Waals surface area contributed by atoms with Crippen LogP contribution in [-0.4, -0.2) is 31.6 Å². The molecule has 0 saturated carbocycles. The third-order valence-electron chi connectivity index (χ3n) is 3.10. The molecule has 0 heterocycles. The lowest BCUT2D eigenvalue weighted by atomic mass is 10.0. The van der Waals surface area contributed by atoms with Crippen LogP contribution in [0.1, 0.15) is 23.6 Å². The Bertz CT molecular complexity index is 491. The lowest BCUT2D eigenvalue weighted by Gasteiger charge is -2.21. The SMILES string of the molecule is COC(=O)C(C)CN(C)Cc1ccc(C#N)cc1C. The predicted molar refractivity (Wildman–Crippen MR) is 73.4 cm³/mol. The van der Waals surface area contributed by atoms with E-state index in [1.165, 1.54) is 12.7 Å². The van der Waals surface area contributed by atoms with Crippen molar-refractivity contribution < 1.29 is 9.53 Å². The Morgan fingerprint density at radius 3 is 2.74 bits per heavy atom. The third kappa shape index (κ3) is 4.38. The van der Waals surface area contributed by atoms with E-state index in [2.05, 4.69) is 11.0 Å². The molecule has 102 valence electrons. The molecule has 4 nitrogen and oxygen atoms in total. The summed E-state index contributed by atoms with van der Waals surface area (Å²) in [4.78, 5) is 13.4. The van der Waals surface area contributed by atoms with Gasteiger partial charge < -0.3 is 9.64 Å². The van der Waals surface area contributed by atoms with E-state index in [-0.39, 0.29) is 11.9 Å². The van der Waals surface area contributed by atoms with Gasteiger partial charge in [-0.25, -0.2) is 0 Å². The number of ether oxygens (including phenoxy) is 1. The Morgan fingerprint density at radius 1 is 1.53 bits per heavy atom. The molecule has 0 aliphatic carbocycles. The van der Waals surface area contributed by atoms with E-state index in [0.717, 1.165) is 12.1 Å². The molecule has 1 unspecified atom stereocenters. The van der Waals surface area contributed by atoms with Crippen LogP contribution in [0.5, 0.6) is 0 Å². The molecule has 0 radical (unpaired) electrons. The van der Waals surface area contributed by atoms with Gasteiger partial charge >= 0.3 is 5.97 Å². The molecule has 4 heteroatoms. The number of aryl methyl sites for hydroxylation is 1. The Morgan fingerprint density at radius 2 is 2.21 bits per heavy atom. The molecule has 0 bridgehead atoms. The molecule has 0 fully saturated rings. The minimum atomic E-state index is -0.191. The van der Waals surface area contributed by atoms with E-state index in [0.29, 0.717) is 12.1 Å². The molecule has 0 saturated heterocycles. The zero-order valence-corrected chi connectivity index (χ0v) is 11.9. The van der Waals surface area contributed by atoms with Crippen LogP contribution >= 0.6 is 0 Å². The monoisotopic (exact) mass is 260 g/mol. The average Bonchev–Trinajstić information content (AvgIpc) is 2.39. The summed E-state index contributed by atoms with van der Waals surface area (Å²) in [5.74, 6) is -0.336. The van der Waals surface area contributed by atoms with Gasteiger partial charge in [0.25, 0.3) is 0 Å². The number of esters is 1. The van der Waals surface area contributed by atoms with Crippen molar-refractivity contribution in [3.8, 4) is 6.07 Å². The van der Waals surface area contributed by atoms with E-state index in [9.17, 15) is 4.79 Å². The van der Waals surface area contributed by atoms with Gasteiger partial charge in [0.1, 0.15) is 0 Å². The first-order valence-corrected chi connectivity index (χ1v) is 6.24. The molecule has 0 aromatic heterocycles. The van der Waals surface area contributed by atoms with Crippen molar-refractivity contribution >= 4 is 5.97 Å². The number of nitrogens with zero attached hydrogens (tertiary/aromatic N) is 2. The van der Waals surface area contributed by atoms with Crippen molar-refractivity contribution in [2.75, 3.05) is 20.7 Å². The predicted octanol–water partition coefficient (Wildman–Crippen LogP) is 2.11. The minimum Gasteiger partial charge on any atom is -0.469 e. The average molecular weight is 260 g/mol. The Balaban J connectivity index is 2.65. The van der Waals surface area contributed by atoms with Gasteiger partial charge in [0.05, 0.1) is 24.7 Å². The number of carbonyl (C=O) groups excluding carboxylic acids is 1. The summed E-state index contributed by atoms with van der Waals surface area (Å²) in [7, 11) is 3.38. The van der Waals surface area contributed by atoms with Crippen LogP contribution in [0.2, 0.25) is 0 Å². The molecule has 19 heavy (non-hydrogen) atoms. The van der Waals surface area contributed by atoms with Crippen LogP contribution < -0.4 is 0 Å². The molecule has 0 spiro atoms. The van der Waals surface area contributed by atoms with Crippen LogP contribution in [0.15, 0.2) is 18.2 Å². The number of benzene rings is 1. The van der Waals surface area contributed by atoms with Crippen molar-refractivity contribution in [2.24, 2.45) is 5.92 Å². The number of rotatable bonds is 5. The number of methoxy groups -OCH3 is 1. The van der Waals surface area contributed by atoms with Crippen molar-refractivity contribution in [2.45, 2.75) is 20.4 Å². The van der Waals surface area contributed by atoms with Crippen LogP contribution in [0.3, 0.4) is 0 Å². The molecular formula is C15H20N2O2. The number of hydrogen-bond donors (Lipinski definition) is 0. The van der Waals surface area contributed by atoms with E-state index in [1.807, 2.05) is 39.1 Å². The van der Waals surface area contributed by atoms with Crippen molar-refractivity contribution in [3.05, 3.63) is 34.9 Å². The first-order valence-electron chi connectivity index (χ1n) is 6.24. The van der Waals surface area contributed by atoms with E-state index >= 15 is 0 Å². The molecule has 0 aliphatic heterocycles. The maximum Gasteiger partial charge on any atom is 0.309 e. The van der Waals surface area contributed by atoms with Crippen LogP contribution in [0, 0.1) is 24.2 Å². The summed E-state index contributed by atoms with van der Waals surface area (Å²) >= 11 is 0. The summed E-state index contributed by atoms with van der Waals surface area (Å²) < 4.78 is 4.72. The highest BCUT2D eigenvalue weighted by atomic mass is 16.5. The minimum absolute atomic E-state index is 0.145. The Labute approximate surface area is 114 Å². The number of nitriles is 1. The lowest BCUT2D eigenvalue weighted by molar-refractivity contribution is -0.145. The number of hydrogen-bond acceptors (Lipinski definition) is 4. The second-order valence-electron chi connectivity index (χ2n) is 4.87. The fourth-order valence-electron chi connectivity index (χ4n) is 2.04. The quantitative estimate of drug-likeness (QED) is 0.761. The van der Waals surface area contributed by atoms with Crippen LogP contribution in [0.25, 0.3) is 0 Å². The Hall–Kier alpha value is -1.86. The van der Waals surface area contributed by atoms with Gasteiger partial charge in [0.2, 0.25) is 0 Å². The van der Waals surface area contributed by atoms with Crippen molar-refractivity contribution in [1.82, 2.24) is 4.90 Å². The third-order valence-corrected chi connectivity index (χ3v) is 3.10. The second kappa shape index (κ2) is 6.91. The zero-order valence-electron chi connectivity index (χ0n) is 11.9. The first-order chi connectivity index (χ1) is 8.97. The summed E-state index contributed by atoms with van der Waals surface area (Å²) in [6.45, 7) is 5.24. The largest absolute Gasteiger partial charge is 0.469 e. The van der Waals surface area contributed by atoms with Gasteiger partial charge in [0.15, 0.2) is 0 Å². The van der Waals surface area contributed by atoms with Gasteiger partial charge in [0, 0.05) is 13.1 Å². The molecular weight excluding hydrogens is 240 g/mol. The summed E-state index contributed by atoms with van der Waals surface area (Å²) in [6, 6.07) is 7.79. The van der Waals surface area contributed by atoms with Crippen LogP contribution in [0.4, 0.5) is 0 Å². The topological polar surface area (TPSA) is 53.3 Å². The van der Waals surface area contributed by atoms with Crippen LogP contribution in [-0.2, 0) is 16.1 Å². The maximum absolute atomic E-state index is 11.4. The summed E-state index contributed by atoms with van der Waals surface area (Å²) in [5.41, 5.74) is 2.93. The van der Waals surface area contributed by atoms with E-state index in [1.54, 1.807) is 0 Å². The standard InChI is InChI=1S/C15H20N2O2/c1-11-7-13(8-16)5-6-14(11)10-17(3)9-12(2)15(18)19-4/h5-7,12H,9-10H2,1-4H3. The zero-order chi connectivity index (χ0) is 14.4. The van der Waals surface area contributed by atoms with Crippen molar-refractivity contribution in [1.29, 1.82) is 5.26 Å². The van der Waals surface area contributed by atoms with Crippen molar-refractivity contribution in [3.63, 3.8) is 0 Å². The highest BCUT2D eigenvalue weighted by Gasteiger charge is 2.15. The second-order valence-corrected chi connectivity index (χ2v) is 4.87. The molecule has 1 aromatic carbocycles. The van der Waals surface area contributed by atoms with E-state index < -0.39 is 0 Å². The fourth-order valence-corrected chi connectivity index (χ4v) is 2.04. The maximum atomic E-state index is 11.4. The van der Waals surface area contributed by atoms with Gasteiger partial charge in [-0.1, -0.05) is 13.0 Å². The molecule has 1 rings (SSSR count). The van der Waals surface area contributed by atoms with Gasteiger partial charge in [-0.05, 0) is 37.2 Å². The fraction of sp³-hybridized carbons (Fsp3) is 0.467. The smallest absolute Gasteiger partial charge is 0.309 e. The number of carbonyl (C=O) groups is 1. The van der Waals surface area contributed by atoms with Gasteiger partial charge in [-0.3, -0.25) is 4.79 Å². The molecule has 0 amide bonds. The first kappa shape index (κ1) is 15.2. The normalized spacial score (nSPS) is 12.0. The van der Waals surface area contributed by atoms with E-state index in [4.69, 9.17) is 10.00 Å². The molecule has 1 aromatic rings. The summed E-state index contributed by atoms with van der Waals surface area (Å²) in [6.07, 6.45) is 0. The molecule has 1 atom stereocenters. The van der Waals surface area contributed by atoms with Gasteiger partial charge in [-0.15, -0.1) is 0 Å². The molecule has 0 aliphatic rings. The lowest BCUT2D eigenvalue weighted by Crippen LogP contribution is -2.29. The van der Waals surface area contributed by atoms with Gasteiger partial charge in [-0.2, -0.15) is 5.26 Å². The Kier molecular flexibility index (Phi) is 5.53.